The highest BCUT2D eigenvalue weighted by atomic mass is 16.5. The van der Waals surface area contributed by atoms with Gasteiger partial charge in [0, 0.05) is 18.2 Å². The molecule has 0 unspecified atom stereocenters. The number of nitrogens with one attached hydrogen (secondary N) is 1. The molecule has 0 saturated carbocycles. The Labute approximate surface area is 126 Å². The minimum absolute atomic E-state index is 0.0592. The Bertz CT molecular complexity index is 512. The van der Waals surface area contributed by atoms with E-state index in [9.17, 15) is 9.59 Å². The number of hydrogen-bond acceptors (Lipinski definition) is 3. The van der Waals surface area contributed by atoms with E-state index in [1.54, 1.807) is 19.2 Å². The van der Waals surface area contributed by atoms with Crippen LogP contribution < -0.4 is 10.1 Å². The van der Waals surface area contributed by atoms with Gasteiger partial charge in [0.05, 0.1) is 13.7 Å². The Morgan fingerprint density at radius 1 is 1.33 bits per heavy atom. The molecule has 0 aliphatic heterocycles. The first-order chi connectivity index (χ1) is 9.88. The highest BCUT2D eigenvalue weighted by molar-refractivity contribution is 5.97. The minimum atomic E-state index is -0.172. The SMILES string of the molecule is CCN(CC(=O)NC(C)C)C(=O)c1ccc(C)c(OC)c1. The third-order valence-corrected chi connectivity index (χ3v) is 3.11. The molecular formula is C16H24N2O3. The van der Waals surface area contributed by atoms with E-state index < -0.39 is 0 Å². The molecule has 0 fully saturated rings. The van der Waals surface area contributed by atoms with Crippen LogP contribution in [0.1, 0.15) is 36.7 Å². The Balaban J connectivity index is 2.86. The summed E-state index contributed by atoms with van der Waals surface area (Å²) >= 11 is 0. The number of carbonyl (C=O) groups is 2. The van der Waals surface area contributed by atoms with Crippen molar-refractivity contribution in [2.24, 2.45) is 0 Å². The lowest BCUT2D eigenvalue weighted by molar-refractivity contribution is -0.122. The normalized spacial score (nSPS) is 10.4. The fourth-order valence-electron chi connectivity index (χ4n) is 2.00. The molecular weight excluding hydrogens is 268 g/mol. The summed E-state index contributed by atoms with van der Waals surface area (Å²) in [6.45, 7) is 8.08. The van der Waals surface area contributed by atoms with Crippen molar-refractivity contribution in [3.63, 3.8) is 0 Å². The Kier molecular flexibility index (Phi) is 6.21. The van der Waals surface area contributed by atoms with E-state index in [-0.39, 0.29) is 24.4 Å². The van der Waals surface area contributed by atoms with E-state index in [4.69, 9.17) is 4.74 Å². The maximum absolute atomic E-state index is 12.5. The molecule has 0 aromatic heterocycles. The van der Waals surface area contributed by atoms with Crippen molar-refractivity contribution in [2.45, 2.75) is 33.7 Å². The molecule has 2 amide bonds. The van der Waals surface area contributed by atoms with Crippen molar-refractivity contribution in [3.8, 4) is 5.75 Å². The zero-order valence-corrected chi connectivity index (χ0v) is 13.4. The quantitative estimate of drug-likeness (QED) is 0.872. The second-order valence-electron chi connectivity index (χ2n) is 5.23. The van der Waals surface area contributed by atoms with Gasteiger partial charge in [-0.1, -0.05) is 6.07 Å². The lowest BCUT2D eigenvalue weighted by Gasteiger charge is -2.21. The fourth-order valence-corrected chi connectivity index (χ4v) is 2.00. The summed E-state index contributed by atoms with van der Waals surface area (Å²) < 4.78 is 5.23. The van der Waals surface area contributed by atoms with Gasteiger partial charge in [-0.3, -0.25) is 9.59 Å². The maximum Gasteiger partial charge on any atom is 0.254 e. The Morgan fingerprint density at radius 2 is 2.00 bits per heavy atom. The molecule has 0 saturated heterocycles. The molecule has 5 nitrogen and oxygen atoms in total. The molecule has 0 bridgehead atoms. The topological polar surface area (TPSA) is 58.6 Å². The van der Waals surface area contributed by atoms with Gasteiger partial charge in [0.2, 0.25) is 5.91 Å². The van der Waals surface area contributed by atoms with Crippen LogP contribution in [0.25, 0.3) is 0 Å². The highest BCUT2D eigenvalue weighted by Crippen LogP contribution is 2.20. The first-order valence-electron chi connectivity index (χ1n) is 7.12. The van der Waals surface area contributed by atoms with Crippen LogP contribution in [0, 0.1) is 6.92 Å². The monoisotopic (exact) mass is 292 g/mol. The van der Waals surface area contributed by atoms with E-state index in [0.717, 1.165) is 5.56 Å². The van der Waals surface area contributed by atoms with Crippen LogP contribution in [0.4, 0.5) is 0 Å². The van der Waals surface area contributed by atoms with Crippen LogP contribution in [0.15, 0.2) is 18.2 Å². The standard InChI is InChI=1S/C16H24N2O3/c1-6-18(10-15(19)17-11(2)3)16(20)13-8-7-12(4)14(9-13)21-5/h7-9,11H,6,10H2,1-5H3,(H,17,19). The van der Waals surface area contributed by atoms with Gasteiger partial charge in [-0.05, 0) is 45.4 Å². The number of nitrogens with zero attached hydrogens (tertiary/aromatic N) is 1. The van der Waals surface area contributed by atoms with Crippen molar-refractivity contribution in [3.05, 3.63) is 29.3 Å². The minimum Gasteiger partial charge on any atom is -0.496 e. The average molecular weight is 292 g/mol. The van der Waals surface area contributed by atoms with Gasteiger partial charge in [0.25, 0.3) is 5.91 Å². The van der Waals surface area contributed by atoms with Crippen molar-refractivity contribution in [1.29, 1.82) is 0 Å². The number of benzene rings is 1. The average Bonchev–Trinajstić information content (AvgIpc) is 2.43. The third-order valence-electron chi connectivity index (χ3n) is 3.11. The van der Waals surface area contributed by atoms with Gasteiger partial charge in [-0.25, -0.2) is 0 Å². The predicted octanol–water partition coefficient (Wildman–Crippen LogP) is 1.99. The molecule has 0 atom stereocenters. The number of rotatable bonds is 6. The molecule has 0 radical (unpaired) electrons. The van der Waals surface area contributed by atoms with Gasteiger partial charge < -0.3 is 15.0 Å². The molecule has 116 valence electrons. The smallest absolute Gasteiger partial charge is 0.254 e. The molecule has 21 heavy (non-hydrogen) atoms. The van der Waals surface area contributed by atoms with Crippen LogP contribution in [0.5, 0.6) is 5.75 Å². The molecule has 0 aliphatic rings. The molecule has 1 aromatic rings. The lowest BCUT2D eigenvalue weighted by atomic mass is 10.1. The summed E-state index contributed by atoms with van der Waals surface area (Å²) in [5.41, 5.74) is 1.49. The predicted molar refractivity (Wildman–Crippen MR) is 82.6 cm³/mol. The van der Waals surface area contributed by atoms with Crippen LogP contribution in [-0.4, -0.2) is 43.0 Å². The molecule has 1 N–H and O–H groups in total. The molecule has 1 rings (SSSR count). The summed E-state index contributed by atoms with van der Waals surface area (Å²) in [5.74, 6) is 0.345. The number of hydrogen-bond donors (Lipinski definition) is 1. The van der Waals surface area contributed by atoms with E-state index in [2.05, 4.69) is 5.32 Å². The zero-order valence-electron chi connectivity index (χ0n) is 13.4. The van der Waals surface area contributed by atoms with Gasteiger partial charge >= 0.3 is 0 Å². The number of aryl methyl sites for hydroxylation is 1. The molecule has 5 heteroatoms. The largest absolute Gasteiger partial charge is 0.496 e. The van der Waals surface area contributed by atoms with Gasteiger partial charge in [-0.2, -0.15) is 0 Å². The Morgan fingerprint density at radius 3 is 2.52 bits per heavy atom. The Hall–Kier alpha value is -2.04. The van der Waals surface area contributed by atoms with Crippen LogP contribution in [0.3, 0.4) is 0 Å². The molecule has 0 heterocycles. The second-order valence-corrected chi connectivity index (χ2v) is 5.23. The van der Waals surface area contributed by atoms with Crippen molar-refractivity contribution < 1.29 is 14.3 Å². The van der Waals surface area contributed by atoms with Crippen molar-refractivity contribution in [2.75, 3.05) is 20.2 Å². The van der Waals surface area contributed by atoms with Gasteiger partial charge in [-0.15, -0.1) is 0 Å². The second kappa shape index (κ2) is 7.67. The molecule has 0 spiro atoms. The molecule has 1 aromatic carbocycles. The summed E-state index contributed by atoms with van der Waals surface area (Å²) in [5, 5.41) is 2.79. The van der Waals surface area contributed by atoms with Crippen molar-refractivity contribution in [1.82, 2.24) is 10.2 Å². The highest BCUT2D eigenvalue weighted by Gasteiger charge is 2.18. The number of amides is 2. The third kappa shape index (κ3) is 4.77. The van der Waals surface area contributed by atoms with Crippen molar-refractivity contribution >= 4 is 11.8 Å². The summed E-state index contributed by atoms with van der Waals surface area (Å²) in [4.78, 5) is 25.8. The van der Waals surface area contributed by atoms with Gasteiger partial charge in [0.1, 0.15) is 5.75 Å². The zero-order chi connectivity index (χ0) is 16.0. The van der Waals surface area contributed by atoms with Crippen LogP contribution >= 0.6 is 0 Å². The fraction of sp³-hybridized carbons (Fsp3) is 0.500. The first kappa shape index (κ1) is 17.0. The van der Waals surface area contributed by atoms with Crippen LogP contribution in [-0.2, 0) is 4.79 Å². The maximum atomic E-state index is 12.5. The lowest BCUT2D eigenvalue weighted by Crippen LogP contribution is -2.42. The number of ether oxygens (including phenoxy) is 1. The summed E-state index contributed by atoms with van der Waals surface area (Å²) in [6.07, 6.45) is 0. The number of likely N-dealkylation sites (N-methyl/N-ethyl adjacent to an activating group) is 1. The van der Waals surface area contributed by atoms with E-state index in [1.165, 1.54) is 4.90 Å². The van der Waals surface area contributed by atoms with E-state index in [0.29, 0.717) is 17.9 Å². The first-order valence-corrected chi connectivity index (χ1v) is 7.12. The molecule has 0 aliphatic carbocycles. The summed E-state index contributed by atoms with van der Waals surface area (Å²) in [7, 11) is 1.57. The summed E-state index contributed by atoms with van der Waals surface area (Å²) in [6, 6.07) is 5.36. The van der Waals surface area contributed by atoms with Crippen LogP contribution in [0.2, 0.25) is 0 Å². The number of methoxy groups -OCH3 is 1. The van der Waals surface area contributed by atoms with E-state index >= 15 is 0 Å². The van der Waals surface area contributed by atoms with E-state index in [1.807, 2.05) is 33.8 Å². The number of carbonyl (C=O) groups excluding carboxylic acids is 2. The van der Waals surface area contributed by atoms with Gasteiger partial charge in [0.15, 0.2) is 0 Å².